The Morgan fingerprint density at radius 3 is 2.42 bits per heavy atom. The third-order valence-corrected chi connectivity index (χ3v) is 4.68. The predicted octanol–water partition coefficient (Wildman–Crippen LogP) is 4.09. The molecule has 1 aliphatic rings. The third kappa shape index (κ3) is 3.89. The molecular weight excluding hydrogens is 350 g/mol. The Bertz CT molecular complexity index is 725. The molecule has 3 nitrogen and oxygen atoms in total. The monoisotopic (exact) mass is 366 g/mol. The maximum Gasteiger partial charge on any atom is 0.258 e. The molecule has 1 aliphatic heterocycles. The van der Waals surface area contributed by atoms with Crippen molar-refractivity contribution < 1.29 is 9.18 Å². The molecule has 2 aromatic rings. The second-order valence-electron chi connectivity index (χ2n) is 5.79. The van der Waals surface area contributed by atoms with Crippen LogP contribution >= 0.6 is 23.2 Å². The third-order valence-electron chi connectivity index (χ3n) is 4.13. The van der Waals surface area contributed by atoms with Gasteiger partial charge in [0.25, 0.3) is 5.91 Å². The van der Waals surface area contributed by atoms with Crippen molar-refractivity contribution >= 4 is 29.1 Å². The van der Waals surface area contributed by atoms with Gasteiger partial charge in [0.1, 0.15) is 5.82 Å². The van der Waals surface area contributed by atoms with Crippen molar-refractivity contribution in [1.29, 1.82) is 0 Å². The molecule has 1 saturated heterocycles. The van der Waals surface area contributed by atoms with Crippen LogP contribution in [-0.4, -0.2) is 41.9 Å². The van der Waals surface area contributed by atoms with E-state index in [2.05, 4.69) is 4.90 Å². The highest BCUT2D eigenvalue weighted by atomic mass is 35.5. The number of nitrogens with zero attached hydrogens (tertiary/aromatic N) is 2. The Labute approximate surface area is 150 Å². The molecular formula is C18H17Cl2FN2O. The van der Waals surface area contributed by atoms with E-state index < -0.39 is 5.82 Å². The zero-order chi connectivity index (χ0) is 17.1. The summed E-state index contributed by atoms with van der Waals surface area (Å²) < 4.78 is 13.9. The number of rotatable bonds is 3. The minimum Gasteiger partial charge on any atom is -0.336 e. The van der Waals surface area contributed by atoms with Gasteiger partial charge in [0.15, 0.2) is 0 Å². The maximum absolute atomic E-state index is 13.9. The molecule has 1 amide bonds. The van der Waals surface area contributed by atoms with Crippen LogP contribution in [0.3, 0.4) is 0 Å². The Balaban J connectivity index is 1.62. The lowest BCUT2D eigenvalue weighted by atomic mass is 10.1. The van der Waals surface area contributed by atoms with Crippen LogP contribution in [0, 0.1) is 5.82 Å². The van der Waals surface area contributed by atoms with E-state index in [-0.39, 0.29) is 16.5 Å². The van der Waals surface area contributed by atoms with Crippen molar-refractivity contribution in [3.8, 4) is 0 Å². The number of benzene rings is 2. The van der Waals surface area contributed by atoms with Gasteiger partial charge >= 0.3 is 0 Å². The average molecular weight is 367 g/mol. The molecule has 0 saturated carbocycles. The van der Waals surface area contributed by atoms with Crippen LogP contribution in [0.25, 0.3) is 0 Å². The summed E-state index contributed by atoms with van der Waals surface area (Å²) in [7, 11) is 0. The first-order valence-corrected chi connectivity index (χ1v) is 8.50. The first kappa shape index (κ1) is 17.2. The van der Waals surface area contributed by atoms with E-state index in [1.165, 1.54) is 18.2 Å². The van der Waals surface area contributed by atoms with Crippen LogP contribution in [0.1, 0.15) is 15.9 Å². The molecule has 0 radical (unpaired) electrons. The lowest BCUT2D eigenvalue weighted by Gasteiger charge is -2.35. The van der Waals surface area contributed by atoms with Gasteiger partial charge in [-0.1, -0.05) is 41.4 Å². The van der Waals surface area contributed by atoms with E-state index in [4.69, 9.17) is 23.2 Å². The molecule has 0 aromatic heterocycles. The second-order valence-corrected chi connectivity index (χ2v) is 6.64. The topological polar surface area (TPSA) is 23.6 Å². The standard InChI is InChI=1S/C18H17Cl2FN2O/c19-14-4-1-3-13(11-14)12-22-7-9-23(10-8-22)18(24)17-15(20)5-2-6-16(17)21/h1-6,11H,7-10,12H2. The molecule has 1 fully saturated rings. The smallest absolute Gasteiger partial charge is 0.258 e. The fraction of sp³-hybridized carbons (Fsp3) is 0.278. The van der Waals surface area contributed by atoms with E-state index in [1.54, 1.807) is 4.90 Å². The Morgan fingerprint density at radius 2 is 1.75 bits per heavy atom. The Kier molecular flexibility index (Phi) is 5.39. The van der Waals surface area contributed by atoms with E-state index in [0.29, 0.717) is 13.1 Å². The maximum atomic E-state index is 13.9. The van der Waals surface area contributed by atoms with E-state index >= 15 is 0 Å². The predicted molar refractivity (Wildman–Crippen MR) is 94.0 cm³/mol. The zero-order valence-electron chi connectivity index (χ0n) is 13.0. The van der Waals surface area contributed by atoms with Crippen LogP contribution in [-0.2, 0) is 6.54 Å². The van der Waals surface area contributed by atoms with Crippen molar-refractivity contribution in [3.05, 3.63) is 69.5 Å². The lowest BCUT2D eigenvalue weighted by Crippen LogP contribution is -2.48. The van der Waals surface area contributed by atoms with Crippen molar-refractivity contribution in [2.75, 3.05) is 26.2 Å². The molecule has 2 aromatic carbocycles. The van der Waals surface area contributed by atoms with Crippen LogP contribution in [0.5, 0.6) is 0 Å². The highest BCUT2D eigenvalue weighted by Gasteiger charge is 2.25. The van der Waals surface area contributed by atoms with Gasteiger partial charge in [0, 0.05) is 37.7 Å². The van der Waals surface area contributed by atoms with Gasteiger partial charge in [-0.25, -0.2) is 4.39 Å². The number of hydrogen-bond acceptors (Lipinski definition) is 2. The van der Waals surface area contributed by atoms with Gasteiger partial charge in [-0.2, -0.15) is 0 Å². The number of halogens is 3. The number of amides is 1. The van der Waals surface area contributed by atoms with E-state index in [9.17, 15) is 9.18 Å². The molecule has 24 heavy (non-hydrogen) atoms. The Hall–Kier alpha value is -1.62. The first-order valence-electron chi connectivity index (χ1n) is 7.74. The normalized spacial score (nSPS) is 15.5. The molecule has 0 bridgehead atoms. The molecule has 0 aliphatic carbocycles. The summed E-state index contributed by atoms with van der Waals surface area (Å²) in [6, 6.07) is 12.0. The molecule has 0 unspecified atom stereocenters. The second kappa shape index (κ2) is 7.51. The van der Waals surface area contributed by atoms with Crippen LogP contribution in [0.2, 0.25) is 10.0 Å². The van der Waals surface area contributed by atoms with Crippen molar-refractivity contribution in [3.63, 3.8) is 0 Å². The van der Waals surface area contributed by atoms with Gasteiger partial charge in [0.05, 0.1) is 10.6 Å². The first-order chi connectivity index (χ1) is 11.5. The van der Waals surface area contributed by atoms with Crippen molar-refractivity contribution in [2.24, 2.45) is 0 Å². The van der Waals surface area contributed by atoms with Crippen LogP contribution in [0.15, 0.2) is 42.5 Å². The molecule has 3 rings (SSSR count). The molecule has 6 heteroatoms. The molecule has 0 spiro atoms. The highest BCUT2D eigenvalue weighted by molar-refractivity contribution is 6.33. The van der Waals surface area contributed by atoms with Gasteiger partial charge < -0.3 is 4.90 Å². The number of piperazine rings is 1. The summed E-state index contributed by atoms with van der Waals surface area (Å²) in [4.78, 5) is 16.4. The molecule has 126 valence electrons. The van der Waals surface area contributed by atoms with E-state index in [0.717, 1.165) is 30.2 Å². The fourth-order valence-corrected chi connectivity index (χ4v) is 3.32. The van der Waals surface area contributed by atoms with Crippen molar-refractivity contribution in [2.45, 2.75) is 6.54 Å². The van der Waals surface area contributed by atoms with Crippen LogP contribution < -0.4 is 0 Å². The van der Waals surface area contributed by atoms with Gasteiger partial charge in [-0.3, -0.25) is 9.69 Å². The van der Waals surface area contributed by atoms with Gasteiger partial charge in [0.2, 0.25) is 0 Å². The van der Waals surface area contributed by atoms with Crippen molar-refractivity contribution in [1.82, 2.24) is 9.80 Å². The summed E-state index contributed by atoms with van der Waals surface area (Å²) in [5, 5.41) is 0.872. The summed E-state index contributed by atoms with van der Waals surface area (Å²) in [6.07, 6.45) is 0. The Morgan fingerprint density at radius 1 is 1.04 bits per heavy atom. The molecule has 0 atom stereocenters. The van der Waals surface area contributed by atoms with Crippen LogP contribution in [0.4, 0.5) is 4.39 Å². The fourth-order valence-electron chi connectivity index (χ4n) is 2.86. The quantitative estimate of drug-likeness (QED) is 0.816. The minimum atomic E-state index is -0.575. The summed E-state index contributed by atoms with van der Waals surface area (Å²) in [6.45, 7) is 3.33. The minimum absolute atomic E-state index is 0.0394. The van der Waals surface area contributed by atoms with E-state index in [1.807, 2.05) is 24.3 Å². The van der Waals surface area contributed by atoms with Gasteiger partial charge in [-0.05, 0) is 29.8 Å². The summed E-state index contributed by atoms with van der Waals surface area (Å²) in [5.41, 5.74) is 1.10. The largest absolute Gasteiger partial charge is 0.336 e. The number of hydrogen-bond donors (Lipinski definition) is 0. The SMILES string of the molecule is O=C(c1c(F)cccc1Cl)N1CCN(Cc2cccc(Cl)c2)CC1. The summed E-state index contributed by atoms with van der Waals surface area (Å²) >= 11 is 12.0. The number of carbonyl (C=O) groups is 1. The summed E-state index contributed by atoms with van der Waals surface area (Å²) in [5.74, 6) is -0.922. The highest BCUT2D eigenvalue weighted by Crippen LogP contribution is 2.22. The lowest BCUT2D eigenvalue weighted by molar-refractivity contribution is 0.0624. The van der Waals surface area contributed by atoms with Gasteiger partial charge in [-0.15, -0.1) is 0 Å². The zero-order valence-corrected chi connectivity index (χ0v) is 14.5. The molecule has 1 heterocycles. The molecule has 0 N–H and O–H groups in total. The number of carbonyl (C=O) groups excluding carboxylic acids is 1. The average Bonchev–Trinajstić information content (AvgIpc) is 2.55.